The molecular weight excluding hydrogens is 638 g/mol. The normalized spacial score (nSPS) is 20.7. The second-order valence-electron chi connectivity index (χ2n) is 13.6. The summed E-state index contributed by atoms with van der Waals surface area (Å²) in [6.07, 6.45) is 0. The maximum atomic E-state index is 13.7. The van der Waals surface area contributed by atoms with Crippen LogP contribution in [-0.4, -0.2) is 51.3 Å². The van der Waals surface area contributed by atoms with E-state index in [1.165, 1.54) is 12.1 Å². The third-order valence-corrected chi connectivity index (χ3v) is 11.1. The monoisotopic (exact) mass is 678 g/mol. The van der Waals surface area contributed by atoms with Crippen molar-refractivity contribution in [1.82, 2.24) is 0 Å². The lowest BCUT2D eigenvalue weighted by atomic mass is 9.94. The molecule has 2 heterocycles. The average Bonchev–Trinajstić information content (AvgIpc) is 3.00. The minimum Gasteiger partial charge on any atom is -0.743 e. The minimum absolute atomic E-state index is 0.00575. The van der Waals surface area contributed by atoms with Crippen molar-refractivity contribution in [2.75, 3.05) is 33.0 Å². The van der Waals surface area contributed by atoms with E-state index < -0.39 is 44.4 Å². The Morgan fingerprint density at radius 2 is 1.00 bits per heavy atom. The number of ether oxygens (including phenoxy) is 5. The molecule has 2 aliphatic heterocycles. The molecule has 0 spiro atoms. The Hall–Kier alpha value is -2.58. The van der Waals surface area contributed by atoms with Gasteiger partial charge in [-0.1, -0.05) is 27.7 Å². The first-order valence-electron chi connectivity index (χ1n) is 14.9. The smallest absolute Gasteiger partial charge is 0.367 e. The van der Waals surface area contributed by atoms with Crippen LogP contribution in [0.15, 0.2) is 87.5 Å². The zero-order valence-electron chi connectivity index (χ0n) is 26.8. The van der Waals surface area contributed by atoms with Crippen LogP contribution < -0.4 is 4.74 Å². The van der Waals surface area contributed by atoms with E-state index in [0.717, 1.165) is 25.8 Å². The minimum atomic E-state index is -5.85. The van der Waals surface area contributed by atoms with Crippen LogP contribution >= 0.6 is 0 Å². The molecule has 0 saturated carbocycles. The maximum absolute atomic E-state index is 13.7. The lowest BCUT2D eigenvalue weighted by Crippen LogP contribution is -2.43. The molecule has 250 valence electrons. The van der Waals surface area contributed by atoms with Gasteiger partial charge >= 0.3 is 5.25 Å². The third kappa shape index (κ3) is 7.59. The second-order valence-corrected chi connectivity index (χ2v) is 17.1. The van der Waals surface area contributed by atoms with E-state index in [1.54, 1.807) is 12.1 Å². The zero-order chi connectivity index (χ0) is 33.6. The topological polar surface area (TPSA) is 103 Å². The van der Waals surface area contributed by atoms with E-state index in [2.05, 4.69) is 27.7 Å². The summed E-state index contributed by atoms with van der Waals surface area (Å²) in [7, 11) is -6.50. The highest BCUT2D eigenvalue weighted by atomic mass is 32.2. The van der Waals surface area contributed by atoms with E-state index in [9.17, 15) is 21.8 Å². The van der Waals surface area contributed by atoms with Crippen molar-refractivity contribution >= 4 is 21.0 Å². The van der Waals surface area contributed by atoms with E-state index in [0.29, 0.717) is 26.4 Å². The Bertz CT molecular complexity index is 1530. The van der Waals surface area contributed by atoms with Gasteiger partial charge in [0.15, 0.2) is 43.0 Å². The van der Waals surface area contributed by atoms with E-state index in [4.69, 9.17) is 23.7 Å². The van der Waals surface area contributed by atoms with Crippen molar-refractivity contribution in [3.63, 3.8) is 0 Å². The molecule has 3 aromatic carbocycles. The molecule has 0 aliphatic carbocycles. The summed E-state index contributed by atoms with van der Waals surface area (Å²) in [4.78, 5) is 2.81. The molecule has 2 fully saturated rings. The number of halogens is 2. The molecule has 0 N–H and O–H groups in total. The van der Waals surface area contributed by atoms with Crippen LogP contribution in [0.5, 0.6) is 5.75 Å². The fourth-order valence-corrected chi connectivity index (χ4v) is 7.18. The SMILES string of the molecule is CC1(C)COC(C)(c2ccc([S+](c3ccc(OCC(F)(F)S(=O)(=O)[O-])cc3)c3ccc(C4(C)OCC(C)(C)CO4)cc3)cc2)OC1. The summed E-state index contributed by atoms with van der Waals surface area (Å²) in [5.74, 6) is -1.75. The number of benzene rings is 3. The van der Waals surface area contributed by atoms with Gasteiger partial charge in [-0.3, -0.25) is 0 Å². The summed E-state index contributed by atoms with van der Waals surface area (Å²) in [6, 6.07) is 22.4. The maximum Gasteiger partial charge on any atom is 0.367 e. The Morgan fingerprint density at radius 3 is 1.33 bits per heavy atom. The molecule has 0 bridgehead atoms. The first-order valence-corrected chi connectivity index (χ1v) is 17.5. The quantitative estimate of drug-likeness (QED) is 0.180. The van der Waals surface area contributed by atoms with Gasteiger partial charge in [-0.2, -0.15) is 8.78 Å². The van der Waals surface area contributed by atoms with Crippen molar-refractivity contribution in [2.24, 2.45) is 10.8 Å². The fourth-order valence-electron chi connectivity index (χ4n) is 4.94. The van der Waals surface area contributed by atoms with Gasteiger partial charge in [-0.25, -0.2) is 8.42 Å². The van der Waals surface area contributed by atoms with Gasteiger partial charge in [0.25, 0.3) is 0 Å². The molecule has 0 aromatic heterocycles. The van der Waals surface area contributed by atoms with Gasteiger partial charge in [-0.15, -0.1) is 0 Å². The lowest BCUT2D eigenvalue weighted by molar-refractivity contribution is -0.298. The van der Waals surface area contributed by atoms with Gasteiger partial charge in [0, 0.05) is 22.0 Å². The molecule has 3 aromatic rings. The predicted octanol–water partition coefficient (Wildman–Crippen LogP) is 6.79. The summed E-state index contributed by atoms with van der Waals surface area (Å²) in [5, 5.41) is -4.55. The Morgan fingerprint density at radius 1 is 0.674 bits per heavy atom. The van der Waals surface area contributed by atoms with E-state index in [-0.39, 0.29) is 16.6 Å². The van der Waals surface area contributed by atoms with Gasteiger partial charge in [0.2, 0.25) is 0 Å². The molecule has 8 nitrogen and oxygen atoms in total. The largest absolute Gasteiger partial charge is 0.743 e. The van der Waals surface area contributed by atoms with Crippen molar-refractivity contribution in [1.29, 1.82) is 0 Å². The molecule has 5 rings (SSSR count). The summed E-state index contributed by atoms with van der Waals surface area (Å²) in [5.41, 5.74) is 1.61. The van der Waals surface area contributed by atoms with Crippen LogP contribution in [0.2, 0.25) is 0 Å². The number of alkyl halides is 2. The van der Waals surface area contributed by atoms with Gasteiger partial charge < -0.3 is 28.2 Å². The second kappa shape index (κ2) is 12.5. The number of rotatable bonds is 9. The van der Waals surface area contributed by atoms with Gasteiger partial charge in [0.05, 0.1) is 37.3 Å². The van der Waals surface area contributed by atoms with Crippen molar-refractivity contribution in [3.05, 3.63) is 83.9 Å². The molecule has 0 amide bonds. The highest BCUT2D eigenvalue weighted by Crippen LogP contribution is 2.40. The van der Waals surface area contributed by atoms with Crippen LogP contribution in [0.1, 0.15) is 52.7 Å². The highest BCUT2D eigenvalue weighted by molar-refractivity contribution is 7.97. The highest BCUT2D eigenvalue weighted by Gasteiger charge is 2.41. The molecule has 2 aliphatic rings. The van der Waals surface area contributed by atoms with E-state index in [1.807, 2.05) is 62.4 Å². The van der Waals surface area contributed by atoms with Crippen molar-refractivity contribution in [3.8, 4) is 5.75 Å². The molecule has 2 saturated heterocycles. The summed E-state index contributed by atoms with van der Waals surface area (Å²) in [6.45, 7) is 12.9. The molecule has 46 heavy (non-hydrogen) atoms. The van der Waals surface area contributed by atoms with Crippen LogP contribution in [0.25, 0.3) is 0 Å². The Kier molecular flexibility index (Phi) is 9.41. The predicted molar refractivity (Wildman–Crippen MR) is 168 cm³/mol. The average molecular weight is 679 g/mol. The zero-order valence-corrected chi connectivity index (χ0v) is 28.4. The first kappa shape index (κ1) is 34.7. The lowest BCUT2D eigenvalue weighted by Gasteiger charge is -2.41. The molecule has 12 heteroatoms. The Balaban J connectivity index is 1.44. The molecule has 0 unspecified atom stereocenters. The van der Waals surface area contributed by atoms with Crippen LogP contribution in [0.4, 0.5) is 8.78 Å². The van der Waals surface area contributed by atoms with Gasteiger partial charge in [0.1, 0.15) is 5.75 Å². The van der Waals surface area contributed by atoms with Crippen LogP contribution in [-0.2, 0) is 51.5 Å². The van der Waals surface area contributed by atoms with Crippen LogP contribution in [0, 0.1) is 10.8 Å². The number of hydrogen-bond acceptors (Lipinski definition) is 8. The molecule has 0 radical (unpaired) electrons. The summed E-state index contributed by atoms with van der Waals surface area (Å²) < 4.78 is 89.5. The van der Waals surface area contributed by atoms with Gasteiger partial charge in [-0.05, 0) is 86.6 Å². The van der Waals surface area contributed by atoms with Crippen molar-refractivity contribution in [2.45, 2.75) is 73.1 Å². The Labute approximate surface area is 272 Å². The molecular formula is C34H40F2O8S2. The first-order chi connectivity index (χ1) is 21.3. The fraction of sp³-hybridized carbons (Fsp3) is 0.471. The standard InChI is InChI=1S/C34H40F2O8S2/c1-30(2)19-41-32(5,42-20-30)24-7-13-27(14-8-24)45(29-17-11-26(12-18-29)40-23-34(35,36)46(37,38)39)28-15-9-25(10-16-28)33(6)43-21-31(3,4)22-44-33/h7-18H,19-23H2,1-6H3. The third-order valence-electron chi connectivity index (χ3n) is 8.01. The number of hydrogen-bond donors (Lipinski definition) is 0. The summed E-state index contributed by atoms with van der Waals surface area (Å²) >= 11 is 0. The molecule has 0 atom stereocenters. The van der Waals surface area contributed by atoms with E-state index >= 15 is 0 Å². The van der Waals surface area contributed by atoms with Crippen molar-refractivity contribution < 1.29 is 45.4 Å². The van der Waals surface area contributed by atoms with Crippen LogP contribution in [0.3, 0.4) is 0 Å².